The molecule has 1 fully saturated rings. The van der Waals surface area contributed by atoms with Crippen molar-refractivity contribution in [2.24, 2.45) is 11.0 Å². The molecular formula is C20H21N3O3. The Morgan fingerprint density at radius 2 is 2.04 bits per heavy atom. The van der Waals surface area contributed by atoms with Gasteiger partial charge in [0, 0.05) is 18.7 Å². The van der Waals surface area contributed by atoms with Crippen molar-refractivity contribution in [2.75, 3.05) is 18.6 Å². The molecule has 2 amide bonds. The molecule has 1 saturated heterocycles. The van der Waals surface area contributed by atoms with E-state index in [1.54, 1.807) is 18.2 Å². The maximum atomic E-state index is 12.3. The normalized spacial score (nSPS) is 16.9. The average Bonchev–Trinajstić information content (AvgIpc) is 3.04. The van der Waals surface area contributed by atoms with Crippen molar-refractivity contribution in [2.45, 2.75) is 13.3 Å². The first-order chi connectivity index (χ1) is 12.6. The van der Waals surface area contributed by atoms with E-state index >= 15 is 0 Å². The molecule has 0 radical (unpaired) electrons. The Morgan fingerprint density at radius 1 is 1.27 bits per heavy atom. The van der Waals surface area contributed by atoms with Crippen LogP contribution in [0.3, 0.4) is 0 Å². The summed E-state index contributed by atoms with van der Waals surface area (Å²) >= 11 is 0. The van der Waals surface area contributed by atoms with Gasteiger partial charge in [-0.3, -0.25) is 9.59 Å². The van der Waals surface area contributed by atoms with Crippen LogP contribution in [0.1, 0.15) is 17.5 Å². The molecule has 1 atom stereocenters. The quantitative estimate of drug-likeness (QED) is 0.665. The molecule has 134 valence electrons. The zero-order valence-electron chi connectivity index (χ0n) is 14.8. The third-order valence-corrected chi connectivity index (χ3v) is 4.32. The summed E-state index contributed by atoms with van der Waals surface area (Å²) in [5, 5.41) is 3.99. The van der Waals surface area contributed by atoms with Crippen LogP contribution in [0.15, 0.2) is 53.6 Å². The lowest BCUT2D eigenvalue weighted by molar-refractivity contribution is -0.126. The second kappa shape index (κ2) is 7.82. The number of aryl methyl sites for hydroxylation is 1. The maximum absolute atomic E-state index is 12.3. The third kappa shape index (κ3) is 4.08. The number of anilines is 1. The van der Waals surface area contributed by atoms with Crippen LogP contribution in [-0.4, -0.2) is 31.7 Å². The molecule has 3 rings (SSSR count). The maximum Gasteiger partial charge on any atom is 0.245 e. The number of hydrogen-bond acceptors (Lipinski definition) is 4. The number of benzene rings is 2. The first kappa shape index (κ1) is 17.7. The molecule has 1 heterocycles. The predicted octanol–water partition coefficient (Wildman–Crippen LogP) is 2.51. The molecule has 1 N–H and O–H groups in total. The second-order valence-electron chi connectivity index (χ2n) is 6.25. The Kier molecular flexibility index (Phi) is 5.31. The fourth-order valence-corrected chi connectivity index (χ4v) is 2.84. The lowest BCUT2D eigenvalue weighted by atomic mass is 10.1. The van der Waals surface area contributed by atoms with Crippen molar-refractivity contribution in [1.29, 1.82) is 0 Å². The van der Waals surface area contributed by atoms with Crippen LogP contribution < -0.4 is 15.1 Å². The fourth-order valence-electron chi connectivity index (χ4n) is 2.84. The summed E-state index contributed by atoms with van der Waals surface area (Å²) in [6.07, 6.45) is 1.74. The van der Waals surface area contributed by atoms with Gasteiger partial charge < -0.3 is 9.64 Å². The highest BCUT2D eigenvalue weighted by atomic mass is 16.5. The van der Waals surface area contributed by atoms with E-state index in [9.17, 15) is 9.59 Å². The zero-order valence-corrected chi connectivity index (χ0v) is 14.8. The molecule has 0 unspecified atom stereocenters. The standard InChI is InChI=1S/C20H21N3O3/c1-14-6-8-17(9-7-14)23-13-16(11-19(23)24)20(25)22-21-12-15-4-3-5-18(10-15)26-2/h3-10,12,16H,11,13H2,1-2H3,(H,22,25)/b21-12-/t16-/m1/s1. The summed E-state index contributed by atoms with van der Waals surface area (Å²) < 4.78 is 5.14. The van der Waals surface area contributed by atoms with Gasteiger partial charge in [-0.25, -0.2) is 5.43 Å². The third-order valence-electron chi connectivity index (χ3n) is 4.32. The van der Waals surface area contributed by atoms with Crippen molar-refractivity contribution >= 4 is 23.7 Å². The van der Waals surface area contributed by atoms with Gasteiger partial charge in [0.25, 0.3) is 0 Å². The monoisotopic (exact) mass is 351 g/mol. The Labute approximate surface area is 152 Å². The Balaban J connectivity index is 1.59. The van der Waals surface area contributed by atoms with Crippen molar-refractivity contribution in [3.05, 3.63) is 59.7 Å². The molecule has 6 heteroatoms. The van der Waals surface area contributed by atoms with E-state index in [2.05, 4.69) is 10.5 Å². The summed E-state index contributed by atoms with van der Waals surface area (Å²) in [6.45, 7) is 2.36. The van der Waals surface area contributed by atoms with Gasteiger partial charge in [-0.15, -0.1) is 0 Å². The van der Waals surface area contributed by atoms with Crippen LogP contribution >= 0.6 is 0 Å². The minimum Gasteiger partial charge on any atom is -0.497 e. The number of hydrogen-bond donors (Lipinski definition) is 1. The number of nitrogens with zero attached hydrogens (tertiary/aromatic N) is 2. The largest absolute Gasteiger partial charge is 0.497 e. The smallest absolute Gasteiger partial charge is 0.245 e. The number of ether oxygens (including phenoxy) is 1. The average molecular weight is 351 g/mol. The summed E-state index contributed by atoms with van der Waals surface area (Å²) in [4.78, 5) is 26.2. The molecule has 26 heavy (non-hydrogen) atoms. The van der Waals surface area contributed by atoms with Gasteiger partial charge in [0.15, 0.2) is 0 Å². The lowest BCUT2D eigenvalue weighted by Crippen LogP contribution is -2.30. The van der Waals surface area contributed by atoms with Gasteiger partial charge in [-0.05, 0) is 36.8 Å². The fraction of sp³-hybridized carbons (Fsp3) is 0.250. The number of nitrogens with one attached hydrogen (secondary N) is 1. The van der Waals surface area contributed by atoms with E-state index < -0.39 is 5.92 Å². The Bertz CT molecular complexity index is 830. The Hall–Kier alpha value is -3.15. The van der Waals surface area contributed by atoms with E-state index in [4.69, 9.17) is 4.74 Å². The van der Waals surface area contributed by atoms with Crippen molar-refractivity contribution < 1.29 is 14.3 Å². The molecule has 2 aromatic rings. The predicted molar refractivity (Wildman–Crippen MR) is 100 cm³/mol. The van der Waals surface area contributed by atoms with Gasteiger partial charge in [-0.2, -0.15) is 5.10 Å². The SMILES string of the molecule is COc1cccc(/C=N\NC(=O)[C@@H]2CC(=O)N(c3ccc(C)cc3)C2)c1. The molecule has 2 aromatic carbocycles. The molecular weight excluding hydrogens is 330 g/mol. The molecule has 1 aliphatic rings. The van der Waals surface area contributed by atoms with Crippen LogP contribution in [0.4, 0.5) is 5.69 Å². The van der Waals surface area contributed by atoms with Gasteiger partial charge in [0.1, 0.15) is 5.75 Å². The summed E-state index contributed by atoms with van der Waals surface area (Å²) in [6, 6.07) is 15.0. The van der Waals surface area contributed by atoms with Crippen LogP contribution in [0.5, 0.6) is 5.75 Å². The number of carbonyl (C=O) groups is 2. The van der Waals surface area contributed by atoms with Gasteiger partial charge in [-0.1, -0.05) is 29.8 Å². The second-order valence-corrected chi connectivity index (χ2v) is 6.25. The highest BCUT2D eigenvalue weighted by Crippen LogP contribution is 2.25. The van der Waals surface area contributed by atoms with Crippen LogP contribution in [-0.2, 0) is 9.59 Å². The van der Waals surface area contributed by atoms with E-state index in [0.717, 1.165) is 22.6 Å². The lowest BCUT2D eigenvalue weighted by Gasteiger charge is -2.16. The summed E-state index contributed by atoms with van der Waals surface area (Å²) in [7, 11) is 1.59. The molecule has 0 aliphatic carbocycles. The van der Waals surface area contributed by atoms with E-state index in [0.29, 0.717) is 6.54 Å². The van der Waals surface area contributed by atoms with Gasteiger partial charge >= 0.3 is 0 Å². The summed E-state index contributed by atoms with van der Waals surface area (Å²) in [5.41, 5.74) is 5.28. The van der Waals surface area contributed by atoms with E-state index in [1.807, 2.05) is 55.5 Å². The number of carbonyl (C=O) groups excluding carboxylic acids is 2. The molecule has 0 bridgehead atoms. The molecule has 6 nitrogen and oxygen atoms in total. The van der Waals surface area contributed by atoms with Crippen LogP contribution in [0.2, 0.25) is 0 Å². The number of rotatable bonds is 5. The van der Waals surface area contributed by atoms with E-state index in [-0.39, 0.29) is 18.2 Å². The Morgan fingerprint density at radius 3 is 2.77 bits per heavy atom. The highest BCUT2D eigenvalue weighted by Gasteiger charge is 2.35. The van der Waals surface area contributed by atoms with Gasteiger partial charge in [0.2, 0.25) is 11.8 Å². The van der Waals surface area contributed by atoms with Crippen LogP contribution in [0.25, 0.3) is 0 Å². The molecule has 0 aromatic heterocycles. The number of amides is 2. The topological polar surface area (TPSA) is 71.0 Å². The van der Waals surface area contributed by atoms with Crippen molar-refractivity contribution in [1.82, 2.24) is 5.43 Å². The first-order valence-corrected chi connectivity index (χ1v) is 8.41. The zero-order chi connectivity index (χ0) is 18.5. The van der Waals surface area contributed by atoms with Crippen molar-refractivity contribution in [3.63, 3.8) is 0 Å². The highest BCUT2D eigenvalue weighted by molar-refractivity contribution is 6.00. The molecule has 1 aliphatic heterocycles. The minimum absolute atomic E-state index is 0.0502. The minimum atomic E-state index is -0.411. The molecule has 0 saturated carbocycles. The molecule has 0 spiro atoms. The number of methoxy groups -OCH3 is 1. The van der Waals surface area contributed by atoms with Crippen LogP contribution in [0, 0.1) is 12.8 Å². The van der Waals surface area contributed by atoms with Crippen molar-refractivity contribution in [3.8, 4) is 5.75 Å². The number of hydrazone groups is 1. The first-order valence-electron chi connectivity index (χ1n) is 8.41. The summed E-state index contributed by atoms with van der Waals surface area (Å²) in [5.74, 6) is -0.000413. The van der Waals surface area contributed by atoms with E-state index in [1.165, 1.54) is 0 Å². The van der Waals surface area contributed by atoms with Gasteiger partial charge in [0.05, 0.1) is 19.2 Å².